The summed E-state index contributed by atoms with van der Waals surface area (Å²) < 4.78 is 54.5. The minimum absolute atomic E-state index is 0.187. The van der Waals surface area contributed by atoms with E-state index < -0.39 is 19.0 Å². The van der Waals surface area contributed by atoms with Crippen LogP contribution in [-0.2, 0) is 0 Å². The standard InChI is InChI=1S/C18H23F4N3O2/c19-17(20)18(21,22)11-27-15-4-3-13(10-24-15)16(26)25-7-5-14(6-8-25)23-9-12-1-2-12/h3-4,10,12,14,17,23H,1-2,5-9,11H2. The van der Waals surface area contributed by atoms with Gasteiger partial charge in [-0.15, -0.1) is 0 Å². The van der Waals surface area contributed by atoms with Crippen LogP contribution in [0.3, 0.4) is 0 Å². The van der Waals surface area contributed by atoms with E-state index in [0.29, 0.717) is 24.7 Å². The van der Waals surface area contributed by atoms with Gasteiger partial charge >= 0.3 is 12.3 Å². The predicted molar refractivity (Wildman–Crippen MR) is 90.3 cm³/mol. The van der Waals surface area contributed by atoms with E-state index in [9.17, 15) is 22.4 Å². The Labute approximate surface area is 155 Å². The second-order valence-electron chi connectivity index (χ2n) is 7.15. The summed E-state index contributed by atoms with van der Waals surface area (Å²) in [6.45, 7) is 0.862. The maximum Gasteiger partial charge on any atom is 0.340 e. The van der Waals surface area contributed by atoms with Gasteiger partial charge in [-0.05, 0) is 44.2 Å². The Hall–Kier alpha value is -1.90. The van der Waals surface area contributed by atoms with Crippen molar-refractivity contribution in [2.75, 3.05) is 26.2 Å². The van der Waals surface area contributed by atoms with Gasteiger partial charge in [0, 0.05) is 31.4 Å². The molecule has 150 valence electrons. The number of rotatable bonds is 8. The first-order valence-corrected chi connectivity index (χ1v) is 9.12. The van der Waals surface area contributed by atoms with Crippen molar-refractivity contribution in [3.05, 3.63) is 23.9 Å². The lowest BCUT2D eigenvalue weighted by atomic mass is 10.0. The molecule has 1 aromatic heterocycles. The van der Waals surface area contributed by atoms with Gasteiger partial charge in [-0.1, -0.05) is 0 Å². The summed E-state index contributed by atoms with van der Waals surface area (Å²) in [6, 6.07) is 3.07. The highest BCUT2D eigenvalue weighted by Crippen LogP contribution is 2.28. The molecule has 0 atom stereocenters. The molecule has 1 aliphatic heterocycles. The van der Waals surface area contributed by atoms with Gasteiger partial charge in [-0.3, -0.25) is 4.79 Å². The third-order valence-corrected chi connectivity index (χ3v) is 4.89. The number of hydrogen-bond donors (Lipinski definition) is 1. The summed E-state index contributed by atoms with van der Waals surface area (Å²) in [6.07, 6.45) is 1.79. The molecule has 2 aliphatic rings. The molecule has 1 N–H and O–H groups in total. The first kappa shape index (κ1) is 19.9. The van der Waals surface area contributed by atoms with Gasteiger partial charge < -0.3 is 15.0 Å². The molecule has 0 spiro atoms. The number of carbonyl (C=O) groups is 1. The van der Waals surface area contributed by atoms with Crippen LogP contribution in [0.5, 0.6) is 5.88 Å². The molecule has 1 aliphatic carbocycles. The third-order valence-electron chi connectivity index (χ3n) is 4.89. The van der Waals surface area contributed by atoms with Gasteiger partial charge in [0.2, 0.25) is 5.88 Å². The summed E-state index contributed by atoms with van der Waals surface area (Å²) in [7, 11) is 0. The van der Waals surface area contributed by atoms with Crippen LogP contribution in [0.4, 0.5) is 17.6 Å². The van der Waals surface area contributed by atoms with E-state index >= 15 is 0 Å². The van der Waals surface area contributed by atoms with Crippen LogP contribution in [0.25, 0.3) is 0 Å². The van der Waals surface area contributed by atoms with Gasteiger partial charge in [0.25, 0.3) is 5.91 Å². The number of alkyl halides is 4. The van der Waals surface area contributed by atoms with Crippen molar-refractivity contribution in [1.82, 2.24) is 15.2 Å². The first-order chi connectivity index (χ1) is 12.8. The van der Waals surface area contributed by atoms with Crippen LogP contribution in [0.1, 0.15) is 36.0 Å². The normalized spacial score (nSPS) is 18.8. The third kappa shape index (κ3) is 5.54. The zero-order chi connectivity index (χ0) is 19.4. The summed E-state index contributed by atoms with van der Waals surface area (Å²) in [5.74, 6) is -3.84. The minimum atomic E-state index is -4.24. The van der Waals surface area contributed by atoms with E-state index in [2.05, 4.69) is 15.0 Å². The molecule has 5 nitrogen and oxygen atoms in total. The Kier molecular flexibility index (Phi) is 6.18. The number of nitrogens with one attached hydrogen (secondary N) is 1. The van der Waals surface area contributed by atoms with Crippen molar-refractivity contribution in [2.24, 2.45) is 5.92 Å². The van der Waals surface area contributed by atoms with Gasteiger partial charge in [0.15, 0.2) is 6.61 Å². The van der Waals surface area contributed by atoms with Crippen molar-refractivity contribution in [2.45, 2.75) is 44.1 Å². The van der Waals surface area contributed by atoms with Crippen LogP contribution >= 0.6 is 0 Å². The highest BCUT2D eigenvalue weighted by molar-refractivity contribution is 5.94. The van der Waals surface area contributed by atoms with Crippen LogP contribution in [0, 0.1) is 5.92 Å². The zero-order valence-electron chi connectivity index (χ0n) is 14.8. The van der Waals surface area contributed by atoms with E-state index in [1.54, 1.807) is 4.90 Å². The van der Waals surface area contributed by atoms with Crippen molar-refractivity contribution in [1.29, 1.82) is 0 Å². The molecular formula is C18H23F4N3O2. The average molecular weight is 389 g/mol. The minimum Gasteiger partial charge on any atom is -0.471 e. The Morgan fingerprint density at radius 3 is 2.52 bits per heavy atom. The monoisotopic (exact) mass is 389 g/mol. The lowest BCUT2D eigenvalue weighted by Crippen LogP contribution is -2.45. The van der Waals surface area contributed by atoms with Crippen LogP contribution in [-0.4, -0.2) is 60.4 Å². The number of piperidine rings is 1. The van der Waals surface area contributed by atoms with Crippen LogP contribution < -0.4 is 10.1 Å². The van der Waals surface area contributed by atoms with E-state index in [4.69, 9.17) is 0 Å². The Morgan fingerprint density at radius 2 is 1.96 bits per heavy atom. The number of nitrogens with zero attached hydrogens (tertiary/aromatic N) is 2. The lowest BCUT2D eigenvalue weighted by Gasteiger charge is -2.32. The fourth-order valence-corrected chi connectivity index (χ4v) is 2.95. The molecule has 0 aromatic carbocycles. The average Bonchev–Trinajstić information content (AvgIpc) is 3.49. The number of hydrogen-bond acceptors (Lipinski definition) is 4. The molecule has 1 saturated heterocycles. The number of halogens is 4. The van der Waals surface area contributed by atoms with E-state index in [0.717, 1.165) is 25.3 Å². The van der Waals surface area contributed by atoms with Crippen molar-refractivity contribution in [3.63, 3.8) is 0 Å². The summed E-state index contributed by atoms with van der Waals surface area (Å²) in [4.78, 5) is 18.0. The fraction of sp³-hybridized carbons (Fsp3) is 0.667. The fourth-order valence-electron chi connectivity index (χ4n) is 2.95. The van der Waals surface area contributed by atoms with Gasteiger partial charge in [-0.25, -0.2) is 13.8 Å². The van der Waals surface area contributed by atoms with E-state index in [-0.39, 0.29) is 11.8 Å². The maximum atomic E-state index is 12.8. The molecule has 0 bridgehead atoms. The van der Waals surface area contributed by atoms with Gasteiger partial charge in [0.1, 0.15) is 0 Å². The number of likely N-dealkylation sites (tertiary alicyclic amines) is 1. The van der Waals surface area contributed by atoms with E-state index in [1.807, 2.05) is 0 Å². The van der Waals surface area contributed by atoms with Crippen molar-refractivity contribution in [3.8, 4) is 5.88 Å². The summed E-state index contributed by atoms with van der Waals surface area (Å²) in [5.41, 5.74) is 0.312. The molecule has 27 heavy (non-hydrogen) atoms. The quantitative estimate of drug-likeness (QED) is 0.695. The maximum absolute atomic E-state index is 12.8. The summed E-state index contributed by atoms with van der Waals surface area (Å²) in [5, 5.41) is 3.54. The molecule has 1 saturated carbocycles. The SMILES string of the molecule is O=C(c1ccc(OCC(F)(F)C(F)F)nc1)N1CCC(NCC2CC2)CC1. The molecule has 2 heterocycles. The largest absolute Gasteiger partial charge is 0.471 e. The van der Waals surface area contributed by atoms with Crippen molar-refractivity contribution < 1.29 is 27.1 Å². The number of ether oxygens (including phenoxy) is 1. The Morgan fingerprint density at radius 1 is 1.26 bits per heavy atom. The van der Waals surface area contributed by atoms with Crippen LogP contribution in [0.15, 0.2) is 18.3 Å². The molecule has 1 amide bonds. The highest BCUT2D eigenvalue weighted by atomic mass is 19.3. The number of aromatic nitrogens is 1. The molecule has 0 unspecified atom stereocenters. The van der Waals surface area contributed by atoms with Crippen molar-refractivity contribution >= 4 is 5.91 Å². The molecular weight excluding hydrogens is 366 g/mol. The van der Waals surface area contributed by atoms with Crippen LogP contribution in [0.2, 0.25) is 0 Å². The highest BCUT2D eigenvalue weighted by Gasteiger charge is 2.41. The predicted octanol–water partition coefficient (Wildman–Crippen LogP) is 2.97. The number of pyridine rings is 1. The number of carbonyl (C=O) groups excluding carboxylic acids is 1. The molecule has 3 rings (SSSR count). The summed E-state index contributed by atoms with van der Waals surface area (Å²) >= 11 is 0. The Bertz CT molecular complexity index is 630. The molecule has 1 aromatic rings. The number of amides is 1. The van der Waals surface area contributed by atoms with Gasteiger partial charge in [-0.2, -0.15) is 8.78 Å². The second kappa shape index (κ2) is 8.41. The second-order valence-corrected chi connectivity index (χ2v) is 7.15. The molecule has 0 radical (unpaired) electrons. The first-order valence-electron chi connectivity index (χ1n) is 9.12. The zero-order valence-corrected chi connectivity index (χ0v) is 14.8. The lowest BCUT2D eigenvalue weighted by molar-refractivity contribution is -0.148. The molecule has 2 fully saturated rings. The smallest absolute Gasteiger partial charge is 0.340 e. The Balaban J connectivity index is 1.46. The molecule has 9 heteroatoms. The van der Waals surface area contributed by atoms with Gasteiger partial charge in [0.05, 0.1) is 5.56 Å². The van der Waals surface area contributed by atoms with E-state index in [1.165, 1.54) is 31.2 Å². The topological polar surface area (TPSA) is 54.5 Å².